The van der Waals surface area contributed by atoms with Gasteiger partial charge in [0.1, 0.15) is 6.67 Å². The van der Waals surface area contributed by atoms with E-state index in [-0.39, 0.29) is 43.5 Å². The van der Waals surface area contributed by atoms with Gasteiger partial charge in [0.15, 0.2) is 0 Å². The number of nitrogens with one attached hydrogen (secondary N) is 2. The van der Waals surface area contributed by atoms with Crippen molar-refractivity contribution in [3.63, 3.8) is 0 Å². The van der Waals surface area contributed by atoms with Crippen molar-refractivity contribution in [2.24, 2.45) is 35.5 Å². The van der Waals surface area contributed by atoms with E-state index in [1.165, 1.54) is 0 Å². The van der Waals surface area contributed by atoms with Crippen molar-refractivity contribution in [3.8, 4) is 0 Å². The summed E-state index contributed by atoms with van der Waals surface area (Å²) in [4.78, 5) is 19.6. The van der Waals surface area contributed by atoms with Crippen molar-refractivity contribution in [2.75, 3.05) is 46.6 Å². The molecular weight excluding hydrogens is 474 g/mol. The molecule has 0 bridgehead atoms. The molecule has 2 aliphatic carbocycles. The molecule has 8 atom stereocenters. The largest absolute Gasteiger partial charge is 0.392 e. The van der Waals surface area contributed by atoms with Crippen LogP contribution in [-0.4, -0.2) is 85.6 Å². The van der Waals surface area contributed by atoms with Gasteiger partial charge >= 0.3 is 6.18 Å². The third-order valence-electron chi connectivity index (χ3n) is 9.66. The number of carbonyl (C=O) groups is 1. The van der Waals surface area contributed by atoms with Gasteiger partial charge in [-0.05, 0) is 69.4 Å². The minimum absolute atomic E-state index is 0.0442. The van der Waals surface area contributed by atoms with E-state index in [2.05, 4.69) is 29.7 Å². The third-order valence-corrected chi connectivity index (χ3v) is 9.66. The highest BCUT2D eigenvalue weighted by atomic mass is 19.4. The van der Waals surface area contributed by atoms with Crippen molar-refractivity contribution >= 4 is 5.91 Å². The van der Waals surface area contributed by atoms with Crippen LogP contribution in [0.5, 0.6) is 0 Å². The lowest BCUT2D eigenvalue weighted by molar-refractivity contribution is -0.204. The highest BCUT2D eigenvalue weighted by Gasteiger charge is 2.57. The summed E-state index contributed by atoms with van der Waals surface area (Å²) in [7, 11) is 2.08. The summed E-state index contributed by atoms with van der Waals surface area (Å²) in [6.07, 6.45) is 1.42. The standard InChI is InChI=1S/C26H45F4N5O/c1-4-34(9-8-27)14-18-11-21-22(23(12-18)26(28,29)30)15-35(25(21)36)20-7-5-6-19(13-20)17(2)10-24-32-31-16-33(24)3/h17-24,31-32H,4-16H2,1-3H3/t17-,18?,19?,20?,21?,22?,23?,24?/m1/s1. The Bertz CT molecular complexity index is 740. The zero-order chi connectivity index (χ0) is 26.0. The fourth-order valence-corrected chi connectivity index (χ4v) is 7.52. The maximum atomic E-state index is 14.2. The van der Waals surface area contributed by atoms with E-state index >= 15 is 0 Å². The summed E-state index contributed by atoms with van der Waals surface area (Å²) in [5.74, 6) is -2.00. The predicted molar refractivity (Wildman–Crippen MR) is 131 cm³/mol. The minimum atomic E-state index is -4.31. The maximum Gasteiger partial charge on any atom is 0.392 e. The number of likely N-dealkylation sites (tertiary alicyclic amines) is 1. The monoisotopic (exact) mass is 519 g/mol. The molecule has 0 aromatic heterocycles. The molecular formula is C26H45F4N5O. The number of rotatable bonds is 9. The fraction of sp³-hybridized carbons (Fsp3) is 0.962. The lowest BCUT2D eigenvalue weighted by atomic mass is 9.68. The second kappa shape index (κ2) is 11.8. The van der Waals surface area contributed by atoms with Crippen molar-refractivity contribution < 1.29 is 22.4 Å². The van der Waals surface area contributed by atoms with Gasteiger partial charge in [-0.1, -0.05) is 26.7 Å². The van der Waals surface area contributed by atoms with Crippen molar-refractivity contribution in [2.45, 2.75) is 77.2 Å². The molecule has 2 N–H and O–H groups in total. The van der Waals surface area contributed by atoms with Crippen LogP contribution in [0.15, 0.2) is 0 Å². The highest BCUT2D eigenvalue weighted by molar-refractivity contribution is 5.82. The first-order chi connectivity index (χ1) is 17.1. The number of hydrogen-bond donors (Lipinski definition) is 2. The number of fused-ring (bicyclic) bond motifs is 1. The summed E-state index contributed by atoms with van der Waals surface area (Å²) in [5, 5.41) is 0. The Labute approximate surface area is 213 Å². The van der Waals surface area contributed by atoms with Crippen LogP contribution in [0, 0.1) is 35.5 Å². The first-order valence-electron chi connectivity index (χ1n) is 14.0. The van der Waals surface area contributed by atoms with Gasteiger partial charge in [0.2, 0.25) is 5.91 Å². The predicted octanol–water partition coefficient (Wildman–Crippen LogP) is 3.85. The van der Waals surface area contributed by atoms with E-state index in [9.17, 15) is 22.4 Å². The Hall–Kier alpha value is -0.970. The van der Waals surface area contributed by atoms with Crippen LogP contribution in [0.25, 0.3) is 0 Å². The second-order valence-electron chi connectivity index (χ2n) is 11.9. The minimum Gasteiger partial charge on any atom is -0.339 e. The normalized spacial score (nSPS) is 37.1. The number of hydrazine groups is 1. The van der Waals surface area contributed by atoms with Gasteiger partial charge in [-0.25, -0.2) is 15.2 Å². The molecule has 2 saturated carbocycles. The Morgan fingerprint density at radius 1 is 1.19 bits per heavy atom. The zero-order valence-electron chi connectivity index (χ0n) is 22.1. The average molecular weight is 520 g/mol. The Morgan fingerprint density at radius 2 is 1.97 bits per heavy atom. The maximum absolute atomic E-state index is 14.2. The Kier molecular flexibility index (Phi) is 9.21. The van der Waals surface area contributed by atoms with Crippen LogP contribution in [0.3, 0.4) is 0 Å². The van der Waals surface area contributed by atoms with Gasteiger partial charge in [-0.2, -0.15) is 13.2 Å². The Morgan fingerprint density at radius 3 is 2.61 bits per heavy atom. The summed E-state index contributed by atoms with van der Waals surface area (Å²) in [5.41, 5.74) is 6.48. The van der Waals surface area contributed by atoms with E-state index in [0.29, 0.717) is 31.3 Å². The van der Waals surface area contributed by atoms with E-state index in [0.717, 1.165) is 38.8 Å². The van der Waals surface area contributed by atoms with Gasteiger partial charge in [0.05, 0.1) is 18.8 Å². The van der Waals surface area contributed by atoms with Gasteiger partial charge in [0, 0.05) is 31.6 Å². The molecule has 208 valence electrons. The number of carbonyl (C=O) groups excluding carboxylic acids is 1. The molecule has 4 aliphatic rings. The summed E-state index contributed by atoms with van der Waals surface area (Å²) < 4.78 is 55.5. The molecule has 4 fully saturated rings. The molecule has 10 heteroatoms. The molecule has 0 aromatic rings. The Balaban J connectivity index is 1.43. The van der Waals surface area contributed by atoms with E-state index in [1.54, 1.807) is 0 Å². The van der Waals surface area contributed by atoms with Crippen LogP contribution in [-0.2, 0) is 4.79 Å². The van der Waals surface area contributed by atoms with Gasteiger partial charge in [-0.3, -0.25) is 9.69 Å². The zero-order valence-corrected chi connectivity index (χ0v) is 22.1. The topological polar surface area (TPSA) is 50.9 Å². The molecule has 0 aromatic carbocycles. The van der Waals surface area contributed by atoms with Crippen LogP contribution in [0.1, 0.15) is 58.8 Å². The second-order valence-corrected chi connectivity index (χ2v) is 11.9. The first-order valence-corrected chi connectivity index (χ1v) is 14.0. The van der Waals surface area contributed by atoms with Crippen LogP contribution in [0.4, 0.5) is 17.6 Å². The molecule has 0 radical (unpaired) electrons. The quantitative estimate of drug-likeness (QED) is 0.454. The third kappa shape index (κ3) is 6.18. The molecule has 0 spiro atoms. The molecule has 1 amide bonds. The summed E-state index contributed by atoms with van der Waals surface area (Å²) >= 11 is 0. The van der Waals surface area contributed by atoms with Crippen molar-refractivity contribution in [1.82, 2.24) is 25.6 Å². The molecule has 4 rings (SSSR count). The first kappa shape index (κ1) is 28.0. The van der Waals surface area contributed by atoms with Crippen LogP contribution in [0.2, 0.25) is 0 Å². The highest BCUT2D eigenvalue weighted by Crippen LogP contribution is 2.51. The lowest BCUT2D eigenvalue weighted by Crippen LogP contribution is -2.44. The SMILES string of the molecule is CCN(CCF)CC1CC2C(=O)N(C3CCCC([C@H](C)CC4NNCN4C)C3)CC2C(C(F)(F)F)C1. The number of hydrogen-bond acceptors (Lipinski definition) is 5. The molecule has 36 heavy (non-hydrogen) atoms. The van der Waals surface area contributed by atoms with E-state index in [4.69, 9.17) is 0 Å². The van der Waals surface area contributed by atoms with Crippen LogP contribution < -0.4 is 10.9 Å². The van der Waals surface area contributed by atoms with Gasteiger partial charge in [0.25, 0.3) is 0 Å². The van der Waals surface area contributed by atoms with E-state index in [1.807, 2.05) is 16.7 Å². The van der Waals surface area contributed by atoms with Gasteiger partial charge < -0.3 is 9.80 Å². The molecule has 6 nitrogen and oxygen atoms in total. The smallest absolute Gasteiger partial charge is 0.339 e. The fourth-order valence-electron chi connectivity index (χ4n) is 7.52. The van der Waals surface area contributed by atoms with Gasteiger partial charge in [-0.15, -0.1) is 0 Å². The number of halogens is 4. The molecule has 2 heterocycles. The lowest BCUT2D eigenvalue weighted by Gasteiger charge is -2.39. The van der Waals surface area contributed by atoms with Crippen molar-refractivity contribution in [1.29, 1.82) is 0 Å². The summed E-state index contributed by atoms with van der Waals surface area (Å²) in [6, 6.07) is 0.0442. The van der Waals surface area contributed by atoms with E-state index < -0.39 is 30.6 Å². The molecule has 2 saturated heterocycles. The average Bonchev–Trinajstić information content (AvgIpc) is 3.40. The summed E-state index contributed by atoms with van der Waals surface area (Å²) in [6.45, 7) is 6.00. The molecule has 7 unspecified atom stereocenters. The van der Waals surface area contributed by atoms with Crippen molar-refractivity contribution in [3.05, 3.63) is 0 Å². The van der Waals surface area contributed by atoms with Crippen LogP contribution >= 0.6 is 0 Å². The number of nitrogens with zero attached hydrogens (tertiary/aromatic N) is 3. The number of amides is 1. The number of alkyl halides is 4. The molecule has 2 aliphatic heterocycles.